The normalized spacial score (nSPS) is 12.2. The maximum atomic E-state index is 4.51. The van der Waals surface area contributed by atoms with Crippen LogP contribution >= 0.6 is 0 Å². The number of rotatable bonds is 7. The second-order valence-electron chi connectivity index (χ2n) is 3.73. The monoisotopic (exact) mass is 181 g/mol. The van der Waals surface area contributed by atoms with Gasteiger partial charge in [0.15, 0.2) is 0 Å². The van der Waals surface area contributed by atoms with Gasteiger partial charge in [0.2, 0.25) is 0 Å². The van der Waals surface area contributed by atoms with E-state index in [0.29, 0.717) is 5.92 Å². The molecule has 0 saturated carbocycles. The van der Waals surface area contributed by atoms with Crippen molar-refractivity contribution in [3.05, 3.63) is 12.7 Å². The molecule has 0 aliphatic rings. The van der Waals surface area contributed by atoms with E-state index in [1.54, 1.807) is 0 Å². The van der Waals surface area contributed by atoms with Crippen molar-refractivity contribution in [3.63, 3.8) is 0 Å². The van der Waals surface area contributed by atoms with Crippen LogP contribution < -0.4 is 0 Å². The van der Waals surface area contributed by atoms with Crippen LogP contribution in [0.4, 0.5) is 0 Å². The molecule has 0 amide bonds. The average molecular weight is 181 g/mol. The van der Waals surface area contributed by atoms with Crippen LogP contribution in [0.2, 0.25) is 0 Å². The van der Waals surface area contributed by atoms with Gasteiger partial charge in [0.05, 0.1) is 0 Å². The van der Waals surface area contributed by atoms with Gasteiger partial charge in [-0.25, -0.2) is 0 Å². The lowest BCUT2D eigenvalue weighted by Crippen LogP contribution is -2.04. The molecule has 0 aromatic rings. The van der Waals surface area contributed by atoms with Crippen molar-refractivity contribution in [2.75, 3.05) is 6.54 Å². The zero-order valence-electron chi connectivity index (χ0n) is 9.34. The molecule has 0 aliphatic heterocycles. The molecule has 0 N–H and O–H groups in total. The predicted molar refractivity (Wildman–Crippen MR) is 61.5 cm³/mol. The zero-order valence-corrected chi connectivity index (χ0v) is 9.34. The molecule has 0 spiro atoms. The lowest BCUT2D eigenvalue weighted by atomic mass is 10.1. The average Bonchev–Trinajstić information content (AvgIpc) is 2.10. The smallest absolute Gasteiger partial charge is 0.0392 e. The SMILES string of the molecule is C=CC(=NCCCCCC)C(C)C. The zero-order chi connectivity index (χ0) is 10.1. The van der Waals surface area contributed by atoms with Crippen molar-refractivity contribution in [3.8, 4) is 0 Å². The fraction of sp³-hybridized carbons (Fsp3) is 0.750. The molecule has 0 atom stereocenters. The Balaban J connectivity index is 3.61. The quantitative estimate of drug-likeness (QED) is 0.418. The fourth-order valence-corrected chi connectivity index (χ4v) is 1.23. The summed E-state index contributed by atoms with van der Waals surface area (Å²) >= 11 is 0. The first-order valence-corrected chi connectivity index (χ1v) is 5.39. The summed E-state index contributed by atoms with van der Waals surface area (Å²) in [4.78, 5) is 4.51. The van der Waals surface area contributed by atoms with E-state index in [2.05, 4.69) is 32.3 Å². The van der Waals surface area contributed by atoms with E-state index in [4.69, 9.17) is 0 Å². The summed E-state index contributed by atoms with van der Waals surface area (Å²) in [6, 6.07) is 0. The highest BCUT2D eigenvalue weighted by Crippen LogP contribution is 2.02. The minimum atomic E-state index is 0.517. The first kappa shape index (κ1) is 12.4. The summed E-state index contributed by atoms with van der Waals surface area (Å²) in [7, 11) is 0. The molecule has 13 heavy (non-hydrogen) atoms. The first-order valence-electron chi connectivity index (χ1n) is 5.39. The standard InChI is InChI=1S/C12H23N/c1-5-7-8-9-10-13-12(6-2)11(3)4/h6,11H,2,5,7-10H2,1,3-4H3. The molecule has 1 heteroatoms. The minimum Gasteiger partial charge on any atom is -0.290 e. The molecule has 1 nitrogen and oxygen atoms in total. The predicted octanol–water partition coefficient (Wildman–Crippen LogP) is 3.85. The highest BCUT2D eigenvalue weighted by molar-refractivity contribution is 5.95. The summed E-state index contributed by atoms with van der Waals surface area (Å²) in [5.41, 5.74) is 1.15. The van der Waals surface area contributed by atoms with Gasteiger partial charge in [-0.1, -0.05) is 46.6 Å². The van der Waals surface area contributed by atoms with Gasteiger partial charge >= 0.3 is 0 Å². The van der Waals surface area contributed by atoms with Crippen LogP contribution in [0.1, 0.15) is 46.5 Å². The van der Waals surface area contributed by atoms with Gasteiger partial charge in [0, 0.05) is 12.3 Å². The summed E-state index contributed by atoms with van der Waals surface area (Å²) < 4.78 is 0. The van der Waals surface area contributed by atoms with Crippen molar-refractivity contribution >= 4 is 5.71 Å². The number of hydrogen-bond acceptors (Lipinski definition) is 1. The van der Waals surface area contributed by atoms with Crippen molar-refractivity contribution in [1.82, 2.24) is 0 Å². The van der Waals surface area contributed by atoms with Crippen molar-refractivity contribution in [2.45, 2.75) is 46.5 Å². The highest BCUT2D eigenvalue weighted by Gasteiger charge is 1.98. The maximum Gasteiger partial charge on any atom is 0.0392 e. The molecule has 0 aromatic carbocycles. The largest absolute Gasteiger partial charge is 0.290 e. The van der Waals surface area contributed by atoms with Gasteiger partial charge in [-0.3, -0.25) is 4.99 Å². The third kappa shape index (κ3) is 6.56. The molecule has 0 fully saturated rings. The van der Waals surface area contributed by atoms with Crippen molar-refractivity contribution in [1.29, 1.82) is 0 Å². The Morgan fingerprint density at radius 1 is 1.31 bits per heavy atom. The van der Waals surface area contributed by atoms with Crippen LogP contribution in [0.25, 0.3) is 0 Å². The molecular formula is C12H23N. The van der Waals surface area contributed by atoms with E-state index < -0.39 is 0 Å². The van der Waals surface area contributed by atoms with Gasteiger partial charge in [-0.05, 0) is 18.4 Å². The Hall–Kier alpha value is -0.590. The summed E-state index contributed by atoms with van der Waals surface area (Å²) in [6.07, 6.45) is 7.04. The molecule has 0 radical (unpaired) electrons. The lowest BCUT2D eigenvalue weighted by Gasteiger charge is -2.04. The van der Waals surface area contributed by atoms with E-state index in [1.807, 2.05) is 6.08 Å². The Morgan fingerprint density at radius 2 is 2.00 bits per heavy atom. The van der Waals surface area contributed by atoms with Crippen molar-refractivity contribution in [2.24, 2.45) is 10.9 Å². The molecule has 76 valence electrons. The molecular weight excluding hydrogens is 158 g/mol. The topological polar surface area (TPSA) is 12.4 Å². The Kier molecular flexibility index (Phi) is 7.66. The highest BCUT2D eigenvalue weighted by atomic mass is 14.7. The third-order valence-corrected chi connectivity index (χ3v) is 2.11. The van der Waals surface area contributed by atoms with Crippen LogP contribution in [-0.4, -0.2) is 12.3 Å². The number of aliphatic imine (C=N–C) groups is 1. The third-order valence-electron chi connectivity index (χ3n) is 2.11. The van der Waals surface area contributed by atoms with E-state index in [9.17, 15) is 0 Å². The van der Waals surface area contributed by atoms with Crippen LogP contribution in [0.5, 0.6) is 0 Å². The Labute approximate surface area is 83.0 Å². The molecule has 0 aromatic heterocycles. The number of unbranched alkanes of at least 4 members (excludes halogenated alkanes) is 3. The van der Waals surface area contributed by atoms with E-state index in [1.165, 1.54) is 25.7 Å². The molecule has 0 heterocycles. The van der Waals surface area contributed by atoms with Crippen LogP contribution in [-0.2, 0) is 0 Å². The van der Waals surface area contributed by atoms with Crippen LogP contribution in [0, 0.1) is 5.92 Å². The van der Waals surface area contributed by atoms with E-state index in [-0.39, 0.29) is 0 Å². The van der Waals surface area contributed by atoms with Gasteiger partial charge < -0.3 is 0 Å². The van der Waals surface area contributed by atoms with Crippen molar-refractivity contribution < 1.29 is 0 Å². The second kappa shape index (κ2) is 8.03. The number of nitrogens with zero attached hydrogens (tertiary/aromatic N) is 1. The summed E-state index contributed by atoms with van der Waals surface area (Å²) in [6.45, 7) is 11.3. The van der Waals surface area contributed by atoms with E-state index in [0.717, 1.165) is 12.3 Å². The lowest BCUT2D eigenvalue weighted by molar-refractivity contribution is 0.673. The Morgan fingerprint density at radius 3 is 2.46 bits per heavy atom. The first-order chi connectivity index (χ1) is 6.22. The van der Waals surface area contributed by atoms with E-state index >= 15 is 0 Å². The van der Waals surface area contributed by atoms with Gasteiger partial charge in [0.25, 0.3) is 0 Å². The number of hydrogen-bond donors (Lipinski definition) is 0. The fourth-order valence-electron chi connectivity index (χ4n) is 1.23. The van der Waals surface area contributed by atoms with Gasteiger partial charge in [-0.2, -0.15) is 0 Å². The summed E-state index contributed by atoms with van der Waals surface area (Å²) in [5.74, 6) is 0.517. The molecule has 0 unspecified atom stereocenters. The Bertz CT molecular complexity index is 157. The van der Waals surface area contributed by atoms with Crippen LogP contribution in [0.3, 0.4) is 0 Å². The van der Waals surface area contributed by atoms with Crippen LogP contribution in [0.15, 0.2) is 17.6 Å². The minimum absolute atomic E-state index is 0.517. The summed E-state index contributed by atoms with van der Waals surface area (Å²) in [5, 5.41) is 0. The molecule has 0 rings (SSSR count). The maximum absolute atomic E-state index is 4.51. The van der Waals surface area contributed by atoms with Gasteiger partial charge in [0.1, 0.15) is 0 Å². The number of allylic oxidation sites excluding steroid dienone is 1. The molecule has 0 saturated heterocycles. The molecule has 0 bridgehead atoms. The van der Waals surface area contributed by atoms with Gasteiger partial charge in [-0.15, -0.1) is 0 Å². The second-order valence-corrected chi connectivity index (χ2v) is 3.73. The molecule has 0 aliphatic carbocycles.